The Morgan fingerprint density at radius 2 is 1.68 bits per heavy atom. The van der Waals surface area contributed by atoms with Gasteiger partial charge in [-0.2, -0.15) is 13.2 Å². The molecule has 6 nitrogen and oxygen atoms in total. The summed E-state index contributed by atoms with van der Waals surface area (Å²) in [6.07, 6.45) is 5.39. The molecule has 1 aromatic carbocycles. The van der Waals surface area contributed by atoms with Gasteiger partial charge >= 0.3 is 12.1 Å². The number of alkyl halides is 3. The zero-order valence-corrected chi connectivity index (χ0v) is 23.1. The van der Waals surface area contributed by atoms with Crippen LogP contribution < -0.4 is 0 Å². The molecule has 0 aliphatic carbocycles. The second-order valence-electron chi connectivity index (χ2n) is 10.9. The van der Waals surface area contributed by atoms with E-state index >= 15 is 0 Å². The number of ether oxygens (including phenoxy) is 3. The van der Waals surface area contributed by atoms with Crippen LogP contribution >= 0.6 is 0 Å². The van der Waals surface area contributed by atoms with E-state index in [0.717, 1.165) is 50.3 Å². The molecule has 4 rings (SSSR count). The van der Waals surface area contributed by atoms with E-state index in [1.807, 2.05) is 26.0 Å². The van der Waals surface area contributed by atoms with Gasteiger partial charge in [0.2, 0.25) is 0 Å². The summed E-state index contributed by atoms with van der Waals surface area (Å²) in [7, 11) is 0.881. The standard InChI is InChI=1S/C31H37F3O6/c1-22(8-7-9-23-14-16-37-20-23)18-26(19-29(2)27(40-29)13-12-24-15-17-38-21-24)39-28(35)30(36-3,31(32,33)34)25-10-5-4-6-11-25/h4-6,10-11,14-17,20-22,26-27H,7-9,12-13,18-19H2,1-3H3/t22-,26+,27?,29?,30-/m0/s1. The van der Waals surface area contributed by atoms with Crippen LogP contribution in [0.15, 0.2) is 76.4 Å². The van der Waals surface area contributed by atoms with Crippen LogP contribution in [0.25, 0.3) is 0 Å². The van der Waals surface area contributed by atoms with E-state index in [0.29, 0.717) is 6.42 Å². The highest BCUT2D eigenvalue weighted by atomic mass is 19.4. The largest absolute Gasteiger partial charge is 0.472 e. The van der Waals surface area contributed by atoms with Gasteiger partial charge in [0.05, 0.1) is 36.8 Å². The highest BCUT2D eigenvalue weighted by molar-refractivity contribution is 5.82. The molecule has 2 unspecified atom stereocenters. The van der Waals surface area contributed by atoms with Crippen molar-refractivity contribution in [2.45, 2.75) is 88.4 Å². The van der Waals surface area contributed by atoms with Crippen LogP contribution in [0.3, 0.4) is 0 Å². The molecule has 1 fully saturated rings. The van der Waals surface area contributed by atoms with Crippen LogP contribution in [-0.2, 0) is 37.4 Å². The van der Waals surface area contributed by atoms with Crippen molar-refractivity contribution in [3.8, 4) is 0 Å². The highest BCUT2D eigenvalue weighted by Gasteiger charge is 2.64. The first-order valence-electron chi connectivity index (χ1n) is 13.7. The molecule has 0 spiro atoms. The minimum atomic E-state index is -5.03. The predicted molar refractivity (Wildman–Crippen MR) is 141 cm³/mol. The molecule has 0 amide bonds. The van der Waals surface area contributed by atoms with E-state index in [-0.39, 0.29) is 24.0 Å². The lowest BCUT2D eigenvalue weighted by Gasteiger charge is -2.34. The fourth-order valence-electron chi connectivity index (χ4n) is 5.47. The van der Waals surface area contributed by atoms with E-state index < -0.39 is 29.5 Å². The molecule has 2 aromatic heterocycles. The molecule has 0 saturated carbocycles. The summed E-state index contributed by atoms with van der Waals surface area (Å²) in [6, 6.07) is 10.7. The third-order valence-electron chi connectivity index (χ3n) is 7.80. The van der Waals surface area contributed by atoms with Gasteiger partial charge in [0.1, 0.15) is 6.10 Å². The summed E-state index contributed by atoms with van der Waals surface area (Å²) in [5.74, 6) is -1.38. The third-order valence-corrected chi connectivity index (χ3v) is 7.80. The average Bonchev–Trinajstić information content (AvgIpc) is 3.32. The Morgan fingerprint density at radius 3 is 2.25 bits per heavy atom. The number of carbonyl (C=O) groups is 1. The van der Waals surface area contributed by atoms with Gasteiger partial charge in [-0.05, 0) is 68.2 Å². The Bertz CT molecular complexity index is 1180. The van der Waals surface area contributed by atoms with Crippen molar-refractivity contribution in [2.24, 2.45) is 5.92 Å². The summed E-state index contributed by atoms with van der Waals surface area (Å²) in [6.45, 7) is 3.94. The topological polar surface area (TPSA) is 74.3 Å². The summed E-state index contributed by atoms with van der Waals surface area (Å²) in [5, 5.41) is 0. The van der Waals surface area contributed by atoms with E-state index in [1.165, 1.54) is 24.3 Å². The van der Waals surface area contributed by atoms with Gasteiger partial charge in [-0.3, -0.25) is 0 Å². The number of carbonyl (C=O) groups excluding carboxylic acids is 1. The number of hydrogen-bond acceptors (Lipinski definition) is 6. The van der Waals surface area contributed by atoms with Gasteiger partial charge in [-0.1, -0.05) is 43.7 Å². The number of methoxy groups -OCH3 is 1. The molecule has 9 heteroatoms. The molecule has 5 atom stereocenters. The fourth-order valence-corrected chi connectivity index (χ4v) is 5.47. The van der Waals surface area contributed by atoms with Crippen molar-refractivity contribution in [1.82, 2.24) is 0 Å². The maximum atomic E-state index is 14.5. The highest BCUT2D eigenvalue weighted by Crippen LogP contribution is 2.46. The molecule has 1 saturated heterocycles. The molecule has 3 heterocycles. The number of furan rings is 2. The Morgan fingerprint density at radius 1 is 1.02 bits per heavy atom. The van der Waals surface area contributed by atoms with Gasteiger partial charge in [-0.25, -0.2) is 4.79 Å². The van der Waals surface area contributed by atoms with Crippen LogP contribution in [0, 0.1) is 5.92 Å². The minimum absolute atomic E-state index is 0.0935. The van der Waals surface area contributed by atoms with Gasteiger partial charge in [0.25, 0.3) is 5.60 Å². The maximum absolute atomic E-state index is 14.5. The Kier molecular flexibility index (Phi) is 9.46. The van der Waals surface area contributed by atoms with E-state index in [2.05, 4.69) is 0 Å². The molecule has 218 valence electrons. The van der Waals surface area contributed by atoms with Crippen LogP contribution in [-0.4, -0.2) is 37.1 Å². The number of esters is 1. The normalized spacial score (nSPS) is 21.9. The zero-order valence-electron chi connectivity index (χ0n) is 23.1. The zero-order chi connectivity index (χ0) is 28.8. The molecule has 0 bridgehead atoms. The Balaban J connectivity index is 1.48. The summed E-state index contributed by atoms with van der Waals surface area (Å²) in [4.78, 5) is 13.4. The monoisotopic (exact) mass is 562 g/mol. The Labute approximate surface area is 232 Å². The smallest absolute Gasteiger partial charge is 0.432 e. The minimum Gasteiger partial charge on any atom is -0.472 e. The van der Waals surface area contributed by atoms with Crippen LogP contribution in [0.5, 0.6) is 0 Å². The Hall–Kier alpha value is -3.04. The molecular weight excluding hydrogens is 525 g/mol. The number of aryl methyl sites for hydroxylation is 2. The quantitative estimate of drug-likeness (QED) is 0.142. The van der Waals surface area contributed by atoms with Crippen molar-refractivity contribution >= 4 is 5.97 Å². The first kappa shape index (κ1) is 29.9. The number of benzene rings is 1. The molecule has 0 N–H and O–H groups in total. The second-order valence-corrected chi connectivity index (χ2v) is 10.9. The van der Waals surface area contributed by atoms with Gasteiger partial charge < -0.3 is 23.0 Å². The van der Waals surface area contributed by atoms with Gasteiger partial charge in [0, 0.05) is 19.1 Å². The molecule has 3 aromatic rings. The van der Waals surface area contributed by atoms with Crippen LogP contribution in [0.2, 0.25) is 0 Å². The third kappa shape index (κ3) is 6.99. The summed E-state index contributed by atoms with van der Waals surface area (Å²) in [5.41, 5.74) is -2.03. The maximum Gasteiger partial charge on any atom is 0.432 e. The summed E-state index contributed by atoms with van der Waals surface area (Å²) >= 11 is 0. The van der Waals surface area contributed by atoms with Gasteiger partial charge in [-0.15, -0.1) is 0 Å². The summed E-state index contributed by atoms with van der Waals surface area (Å²) < 4.78 is 70.5. The van der Waals surface area contributed by atoms with E-state index in [1.54, 1.807) is 31.1 Å². The lowest BCUT2D eigenvalue weighted by molar-refractivity contribution is -0.278. The average molecular weight is 563 g/mol. The van der Waals surface area contributed by atoms with E-state index in [4.69, 9.17) is 23.0 Å². The van der Waals surface area contributed by atoms with Crippen molar-refractivity contribution in [3.05, 3.63) is 84.2 Å². The van der Waals surface area contributed by atoms with Crippen LogP contribution in [0.1, 0.15) is 62.6 Å². The lowest BCUT2D eigenvalue weighted by Crippen LogP contribution is -2.52. The number of rotatable bonds is 15. The van der Waals surface area contributed by atoms with Gasteiger partial charge in [0.15, 0.2) is 0 Å². The fraction of sp³-hybridized carbons (Fsp3) is 0.516. The molecule has 1 aliphatic heterocycles. The van der Waals surface area contributed by atoms with Crippen molar-refractivity contribution in [2.75, 3.05) is 7.11 Å². The SMILES string of the molecule is CO[C@](C(=O)O[C@H](C[C@@H](C)CCCc1ccoc1)CC1(C)OC1CCc1ccoc1)(c1ccccc1)C(F)(F)F. The predicted octanol–water partition coefficient (Wildman–Crippen LogP) is 7.42. The first-order valence-corrected chi connectivity index (χ1v) is 13.7. The molecular formula is C31H37F3O6. The number of hydrogen-bond donors (Lipinski definition) is 0. The van der Waals surface area contributed by atoms with E-state index in [9.17, 15) is 18.0 Å². The van der Waals surface area contributed by atoms with Crippen LogP contribution in [0.4, 0.5) is 13.2 Å². The molecule has 0 radical (unpaired) electrons. The molecule has 1 aliphatic rings. The van der Waals surface area contributed by atoms with Crippen molar-refractivity contribution in [1.29, 1.82) is 0 Å². The molecule has 40 heavy (non-hydrogen) atoms. The second kappa shape index (κ2) is 12.6. The first-order chi connectivity index (χ1) is 19.1. The lowest BCUT2D eigenvalue weighted by atomic mass is 9.89. The van der Waals surface area contributed by atoms with Crippen molar-refractivity contribution in [3.63, 3.8) is 0 Å². The number of halogens is 3. The number of epoxide rings is 1. The van der Waals surface area contributed by atoms with Crippen molar-refractivity contribution < 1.29 is 41.0 Å².